The van der Waals surface area contributed by atoms with Gasteiger partial charge in [0.05, 0.1) is 17.6 Å². The Morgan fingerprint density at radius 1 is 1.25 bits per heavy atom. The molecule has 0 amide bonds. The van der Waals surface area contributed by atoms with Gasteiger partial charge in [-0.15, -0.1) is 0 Å². The number of aliphatic hydroxyl groups excluding tert-OH is 1. The summed E-state index contributed by atoms with van der Waals surface area (Å²) in [5.41, 5.74) is 1.14. The van der Waals surface area contributed by atoms with Gasteiger partial charge in [-0.05, 0) is 12.1 Å². The molecule has 4 heteroatoms. The second-order valence-corrected chi connectivity index (χ2v) is 3.54. The number of hydrogen-bond donors (Lipinski definition) is 2. The number of aliphatic carboxylic acids is 1. The van der Waals surface area contributed by atoms with E-state index in [1.54, 1.807) is 6.07 Å². The van der Waals surface area contributed by atoms with Crippen molar-refractivity contribution in [2.45, 2.75) is 12.5 Å². The first-order valence-electron chi connectivity index (χ1n) is 4.92. The maximum Gasteiger partial charge on any atom is 0.306 e. The molecule has 0 aliphatic rings. The number of hydrogen-bond acceptors (Lipinski definition) is 3. The molecule has 0 unspecified atom stereocenters. The third-order valence-electron chi connectivity index (χ3n) is 2.33. The molecule has 1 heterocycles. The van der Waals surface area contributed by atoms with Crippen LogP contribution in [0.5, 0.6) is 0 Å². The lowest BCUT2D eigenvalue weighted by molar-refractivity contribution is -0.139. The second kappa shape index (κ2) is 4.28. The van der Waals surface area contributed by atoms with Crippen LogP contribution in [-0.2, 0) is 4.79 Å². The van der Waals surface area contributed by atoms with Gasteiger partial charge in [0.25, 0.3) is 0 Å². The summed E-state index contributed by atoms with van der Waals surface area (Å²) in [4.78, 5) is 14.7. The minimum Gasteiger partial charge on any atom is -0.481 e. The fraction of sp³-hybridized carbons (Fsp3) is 0.167. The first kappa shape index (κ1) is 10.6. The van der Waals surface area contributed by atoms with Crippen molar-refractivity contribution in [1.29, 1.82) is 0 Å². The predicted molar refractivity (Wildman–Crippen MR) is 59.0 cm³/mol. The van der Waals surface area contributed by atoms with Gasteiger partial charge in [0.15, 0.2) is 0 Å². The van der Waals surface area contributed by atoms with Crippen LogP contribution >= 0.6 is 0 Å². The molecule has 0 radical (unpaired) electrons. The van der Waals surface area contributed by atoms with Crippen LogP contribution in [0.25, 0.3) is 10.9 Å². The number of carboxylic acids is 1. The Morgan fingerprint density at radius 3 is 2.75 bits per heavy atom. The summed E-state index contributed by atoms with van der Waals surface area (Å²) in [7, 11) is 0. The molecule has 0 saturated heterocycles. The van der Waals surface area contributed by atoms with Crippen LogP contribution < -0.4 is 0 Å². The van der Waals surface area contributed by atoms with Crippen molar-refractivity contribution < 1.29 is 15.0 Å². The van der Waals surface area contributed by atoms with E-state index < -0.39 is 12.1 Å². The smallest absolute Gasteiger partial charge is 0.306 e. The average molecular weight is 217 g/mol. The lowest BCUT2D eigenvalue weighted by atomic mass is 10.1. The number of fused-ring (bicyclic) bond motifs is 1. The summed E-state index contributed by atoms with van der Waals surface area (Å²) in [5.74, 6) is -1.04. The molecule has 0 spiro atoms. The molecule has 2 N–H and O–H groups in total. The number of pyridine rings is 1. The summed E-state index contributed by atoms with van der Waals surface area (Å²) in [6.45, 7) is 0. The van der Waals surface area contributed by atoms with E-state index >= 15 is 0 Å². The molecule has 2 aromatic rings. The first-order chi connectivity index (χ1) is 7.66. The normalized spacial score (nSPS) is 12.6. The van der Waals surface area contributed by atoms with Gasteiger partial charge < -0.3 is 10.2 Å². The summed E-state index contributed by atoms with van der Waals surface area (Å²) in [6, 6.07) is 11.0. The maximum absolute atomic E-state index is 10.5. The minimum atomic E-state index is -1.05. The Morgan fingerprint density at radius 2 is 2.00 bits per heavy atom. The summed E-state index contributed by atoms with van der Waals surface area (Å²) in [5, 5.41) is 19.1. The van der Waals surface area contributed by atoms with Crippen molar-refractivity contribution in [1.82, 2.24) is 4.98 Å². The van der Waals surface area contributed by atoms with Crippen LogP contribution in [-0.4, -0.2) is 21.2 Å². The number of benzene rings is 1. The van der Waals surface area contributed by atoms with E-state index in [0.717, 1.165) is 10.9 Å². The molecule has 1 aromatic carbocycles. The number of carboxylic acid groups (broad SMARTS) is 1. The number of carbonyl (C=O) groups is 1. The molecule has 1 atom stereocenters. The van der Waals surface area contributed by atoms with Gasteiger partial charge >= 0.3 is 5.97 Å². The Kier molecular flexibility index (Phi) is 2.83. The Hall–Kier alpha value is -1.94. The zero-order valence-corrected chi connectivity index (χ0v) is 8.50. The van der Waals surface area contributed by atoms with Gasteiger partial charge in [0.1, 0.15) is 6.10 Å². The Labute approximate surface area is 92.2 Å². The number of para-hydroxylation sites is 1. The van der Waals surface area contributed by atoms with Crippen molar-refractivity contribution in [2.75, 3.05) is 0 Å². The third kappa shape index (κ3) is 2.17. The quantitative estimate of drug-likeness (QED) is 0.821. The van der Waals surface area contributed by atoms with Gasteiger partial charge in [-0.25, -0.2) is 0 Å². The summed E-state index contributed by atoms with van der Waals surface area (Å²) in [6.07, 6.45) is -1.38. The number of aromatic nitrogens is 1. The van der Waals surface area contributed by atoms with Crippen molar-refractivity contribution in [2.24, 2.45) is 0 Å². The van der Waals surface area contributed by atoms with Crippen LogP contribution in [0.2, 0.25) is 0 Å². The van der Waals surface area contributed by atoms with Crippen molar-refractivity contribution >= 4 is 16.9 Å². The van der Waals surface area contributed by atoms with Gasteiger partial charge in [0, 0.05) is 5.39 Å². The van der Waals surface area contributed by atoms with Crippen LogP contribution in [0, 0.1) is 0 Å². The van der Waals surface area contributed by atoms with Crippen LogP contribution in [0.3, 0.4) is 0 Å². The molecular formula is C12H11NO3. The number of rotatable bonds is 3. The van der Waals surface area contributed by atoms with E-state index in [1.165, 1.54) is 0 Å². The first-order valence-corrected chi connectivity index (χ1v) is 4.92. The number of nitrogens with zero attached hydrogens (tertiary/aromatic N) is 1. The Bertz CT molecular complexity index is 524. The predicted octanol–water partition coefficient (Wildman–Crippen LogP) is 1.74. The molecular weight excluding hydrogens is 206 g/mol. The van der Waals surface area contributed by atoms with Gasteiger partial charge in [-0.2, -0.15) is 0 Å². The van der Waals surface area contributed by atoms with E-state index in [0.29, 0.717) is 5.69 Å². The molecule has 0 fully saturated rings. The highest BCUT2D eigenvalue weighted by Crippen LogP contribution is 2.18. The highest BCUT2D eigenvalue weighted by molar-refractivity contribution is 5.78. The van der Waals surface area contributed by atoms with Crippen molar-refractivity contribution in [3.8, 4) is 0 Å². The molecule has 82 valence electrons. The van der Waals surface area contributed by atoms with E-state index in [2.05, 4.69) is 4.98 Å². The molecule has 0 aliphatic heterocycles. The Balaban J connectivity index is 2.35. The molecule has 2 rings (SSSR count). The monoisotopic (exact) mass is 217 g/mol. The van der Waals surface area contributed by atoms with Crippen molar-refractivity contribution in [3.63, 3.8) is 0 Å². The molecule has 1 aromatic heterocycles. The molecule has 0 bridgehead atoms. The van der Waals surface area contributed by atoms with Crippen molar-refractivity contribution in [3.05, 3.63) is 42.1 Å². The lowest BCUT2D eigenvalue weighted by Crippen LogP contribution is -2.07. The van der Waals surface area contributed by atoms with Gasteiger partial charge in [-0.1, -0.05) is 24.3 Å². The zero-order chi connectivity index (χ0) is 11.5. The summed E-state index contributed by atoms with van der Waals surface area (Å²) >= 11 is 0. The topological polar surface area (TPSA) is 70.4 Å². The van der Waals surface area contributed by atoms with E-state index in [-0.39, 0.29) is 6.42 Å². The molecule has 0 aliphatic carbocycles. The average Bonchev–Trinajstić information content (AvgIpc) is 2.27. The SMILES string of the molecule is O=C(O)C[C@H](O)c1ccc2ccccc2n1. The van der Waals surface area contributed by atoms with Crippen LogP contribution in [0.4, 0.5) is 0 Å². The minimum absolute atomic E-state index is 0.328. The third-order valence-corrected chi connectivity index (χ3v) is 2.33. The fourth-order valence-corrected chi connectivity index (χ4v) is 1.54. The van der Waals surface area contributed by atoms with E-state index in [4.69, 9.17) is 5.11 Å². The second-order valence-electron chi connectivity index (χ2n) is 3.54. The molecule has 0 saturated carbocycles. The van der Waals surface area contributed by atoms with Gasteiger partial charge in [0.2, 0.25) is 0 Å². The molecule has 16 heavy (non-hydrogen) atoms. The van der Waals surface area contributed by atoms with Gasteiger partial charge in [-0.3, -0.25) is 9.78 Å². The van der Waals surface area contributed by atoms with Crippen LogP contribution in [0.1, 0.15) is 18.2 Å². The zero-order valence-electron chi connectivity index (χ0n) is 8.50. The summed E-state index contributed by atoms with van der Waals surface area (Å²) < 4.78 is 0. The maximum atomic E-state index is 10.5. The van der Waals surface area contributed by atoms with E-state index in [1.807, 2.05) is 30.3 Å². The highest BCUT2D eigenvalue weighted by Gasteiger charge is 2.13. The lowest BCUT2D eigenvalue weighted by Gasteiger charge is -2.08. The number of aliphatic hydroxyl groups is 1. The fourth-order valence-electron chi connectivity index (χ4n) is 1.54. The largest absolute Gasteiger partial charge is 0.481 e. The molecule has 4 nitrogen and oxygen atoms in total. The highest BCUT2D eigenvalue weighted by atomic mass is 16.4. The van der Waals surface area contributed by atoms with Crippen LogP contribution in [0.15, 0.2) is 36.4 Å². The standard InChI is InChI=1S/C12H11NO3/c14-11(7-12(15)16)10-6-5-8-3-1-2-4-9(8)13-10/h1-6,11,14H,7H2,(H,15,16)/t11-/m0/s1. The van der Waals surface area contributed by atoms with E-state index in [9.17, 15) is 9.90 Å².